The average Bonchev–Trinajstić information content (AvgIpc) is 2.55. The van der Waals surface area contributed by atoms with Gasteiger partial charge < -0.3 is 0 Å². The molecule has 1 aromatic rings. The SMILES string of the molecule is C=C(C)/C=C\C(=C)C1=Cc2ccc(C)cc2CC1.CC.CC. The van der Waals surface area contributed by atoms with Crippen molar-refractivity contribution in [1.29, 1.82) is 0 Å². The number of benzene rings is 1. The van der Waals surface area contributed by atoms with Gasteiger partial charge in [-0.1, -0.05) is 88.4 Å². The molecule has 0 atom stereocenters. The van der Waals surface area contributed by atoms with Crippen molar-refractivity contribution >= 4 is 6.08 Å². The highest BCUT2D eigenvalue weighted by atomic mass is 14.2. The summed E-state index contributed by atoms with van der Waals surface area (Å²) >= 11 is 0. The molecule has 0 bridgehead atoms. The minimum atomic E-state index is 1.06. The van der Waals surface area contributed by atoms with Gasteiger partial charge in [0.1, 0.15) is 0 Å². The molecular weight excluding hydrogens is 264 g/mol. The zero-order valence-electron chi connectivity index (χ0n) is 15.3. The number of rotatable bonds is 3. The van der Waals surface area contributed by atoms with Gasteiger partial charge in [0.05, 0.1) is 0 Å². The van der Waals surface area contributed by atoms with Crippen molar-refractivity contribution in [3.63, 3.8) is 0 Å². The van der Waals surface area contributed by atoms with Gasteiger partial charge in [-0.25, -0.2) is 0 Å². The summed E-state index contributed by atoms with van der Waals surface area (Å²) < 4.78 is 0. The molecule has 0 radical (unpaired) electrons. The Bertz CT molecular complexity index is 553. The maximum absolute atomic E-state index is 4.14. The molecule has 0 saturated heterocycles. The van der Waals surface area contributed by atoms with Gasteiger partial charge >= 0.3 is 0 Å². The van der Waals surface area contributed by atoms with Crippen molar-refractivity contribution in [3.05, 3.63) is 76.9 Å². The Morgan fingerprint density at radius 3 is 2.23 bits per heavy atom. The predicted octanol–water partition coefficient (Wildman–Crippen LogP) is 7.07. The molecule has 0 nitrogen and oxygen atoms in total. The summed E-state index contributed by atoms with van der Waals surface area (Å²) in [6, 6.07) is 6.67. The van der Waals surface area contributed by atoms with Gasteiger partial charge in [-0.15, -0.1) is 0 Å². The highest BCUT2D eigenvalue weighted by Gasteiger charge is 2.11. The molecule has 0 spiro atoms. The lowest BCUT2D eigenvalue weighted by atomic mass is 9.88. The first kappa shape index (κ1) is 20.2. The average molecular weight is 296 g/mol. The van der Waals surface area contributed by atoms with Crippen molar-refractivity contribution in [2.75, 3.05) is 0 Å². The van der Waals surface area contributed by atoms with Gasteiger partial charge in [0, 0.05) is 0 Å². The highest BCUT2D eigenvalue weighted by Crippen LogP contribution is 2.28. The molecule has 0 amide bonds. The Hall–Kier alpha value is -1.82. The third kappa shape index (κ3) is 6.30. The fraction of sp³-hybridized carbons (Fsp3) is 0.364. The van der Waals surface area contributed by atoms with Crippen LogP contribution in [0.1, 0.15) is 57.7 Å². The normalized spacial score (nSPS) is 12.2. The van der Waals surface area contributed by atoms with E-state index in [0.717, 1.165) is 24.0 Å². The Balaban J connectivity index is 0.00000102. The Labute approximate surface area is 138 Å². The monoisotopic (exact) mass is 296 g/mol. The second-order valence-corrected chi connectivity index (χ2v) is 5.08. The minimum Gasteiger partial charge on any atom is -0.0961 e. The quantitative estimate of drug-likeness (QED) is 0.523. The number of aryl methyl sites for hydroxylation is 2. The van der Waals surface area contributed by atoms with Gasteiger partial charge in [-0.05, 0) is 49.0 Å². The first-order valence-corrected chi connectivity index (χ1v) is 8.39. The van der Waals surface area contributed by atoms with Crippen LogP contribution in [0, 0.1) is 6.92 Å². The summed E-state index contributed by atoms with van der Waals surface area (Å²) in [6.07, 6.45) is 8.54. The van der Waals surface area contributed by atoms with Crippen molar-refractivity contribution in [1.82, 2.24) is 0 Å². The van der Waals surface area contributed by atoms with E-state index in [2.05, 4.69) is 50.4 Å². The maximum Gasteiger partial charge on any atom is -0.0221 e. The highest BCUT2D eigenvalue weighted by molar-refractivity contribution is 5.65. The standard InChI is InChI=1S/C18H20.2C2H6/c1-13(2)5-7-15(4)16-9-10-17-11-14(3)6-8-18(17)12-16;2*1-2/h5-8,11-12H,1,4,9-10H2,2-3H3;2*1-2H3/b7-5-;;. The van der Waals surface area contributed by atoms with Crippen LogP contribution in [0.25, 0.3) is 6.08 Å². The number of hydrogen-bond donors (Lipinski definition) is 0. The molecule has 0 aromatic heterocycles. The van der Waals surface area contributed by atoms with E-state index < -0.39 is 0 Å². The molecule has 1 aromatic carbocycles. The van der Waals surface area contributed by atoms with E-state index in [0.29, 0.717) is 0 Å². The third-order valence-corrected chi connectivity index (χ3v) is 3.27. The Morgan fingerprint density at radius 1 is 1.00 bits per heavy atom. The number of fused-ring (bicyclic) bond motifs is 1. The van der Waals surface area contributed by atoms with Gasteiger partial charge in [0.2, 0.25) is 0 Å². The van der Waals surface area contributed by atoms with Crippen molar-refractivity contribution in [3.8, 4) is 0 Å². The molecule has 0 heterocycles. The zero-order chi connectivity index (χ0) is 17.1. The van der Waals surface area contributed by atoms with Gasteiger partial charge in [-0.3, -0.25) is 0 Å². The molecule has 1 aliphatic rings. The van der Waals surface area contributed by atoms with Gasteiger partial charge in [0.25, 0.3) is 0 Å². The van der Waals surface area contributed by atoms with Crippen molar-refractivity contribution in [2.24, 2.45) is 0 Å². The lowest BCUT2D eigenvalue weighted by molar-refractivity contribution is 0.939. The van der Waals surface area contributed by atoms with Crippen LogP contribution in [-0.2, 0) is 6.42 Å². The van der Waals surface area contributed by atoms with E-state index in [9.17, 15) is 0 Å². The van der Waals surface area contributed by atoms with Crippen LogP contribution in [0.4, 0.5) is 0 Å². The lowest BCUT2D eigenvalue weighted by Crippen LogP contribution is -2.00. The van der Waals surface area contributed by atoms with Crippen molar-refractivity contribution < 1.29 is 0 Å². The number of allylic oxidation sites excluding steroid dienone is 5. The van der Waals surface area contributed by atoms with E-state index in [1.54, 1.807) is 0 Å². The van der Waals surface area contributed by atoms with E-state index in [1.165, 1.54) is 22.3 Å². The van der Waals surface area contributed by atoms with Crippen LogP contribution in [0.2, 0.25) is 0 Å². The molecule has 2 rings (SSSR count). The Kier molecular flexibility index (Phi) is 9.95. The van der Waals surface area contributed by atoms with Crippen LogP contribution < -0.4 is 0 Å². The van der Waals surface area contributed by atoms with Gasteiger partial charge in [-0.2, -0.15) is 0 Å². The fourth-order valence-electron chi connectivity index (χ4n) is 2.22. The molecule has 22 heavy (non-hydrogen) atoms. The van der Waals surface area contributed by atoms with Crippen LogP contribution >= 0.6 is 0 Å². The summed E-state index contributed by atoms with van der Waals surface area (Å²) in [4.78, 5) is 0. The number of hydrogen-bond acceptors (Lipinski definition) is 0. The third-order valence-electron chi connectivity index (χ3n) is 3.27. The summed E-state index contributed by atoms with van der Waals surface area (Å²) in [6.45, 7) is 20.2. The van der Waals surface area contributed by atoms with E-state index in [4.69, 9.17) is 0 Å². The van der Waals surface area contributed by atoms with E-state index in [1.807, 2.05) is 40.7 Å². The molecular formula is C22H32. The first-order chi connectivity index (χ1) is 10.6. The fourth-order valence-corrected chi connectivity index (χ4v) is 2.22. The van der Waals surface area contributed by atoms with Crippen LogP contribution in [-0.4, -0.2) is 0 Å². The molecule has 0 N–H and O–H groups in total. The summed E-state index contributed by atoms with van der Waals surface area (Å²) in [5, 5.41) is 0. The minimum absolute atomic E-state index is 1.06. The first-order valence-electron chi connectivity index (χ1n) is 8.39. The summed E-state index contributed by atoms with van der Waals surface area (Å²) in [5.41, 5.74) is 7.63. The van der Waals surface area contributed by atoms with E-state index >= 15 is 0 Å². The summed E-state index contributed by atoms with van der Waals surface area (Å²) in [7, 11) is 0. The largest absolute Gasteiger partial charge is 0.0961 e. The van der Waals surface area contributed by atoms with Crippen LogP contribution in [0.3, 0.4) is 0 Å². The molecule has 0 aliphatic heterocycles. The zero-order valence-corrected chi connectivity index (χ0v) is 15.3. The molecule has 120 valence electrons. The molecule has 0 saturated carbocycles. The van der Waals surface area contributed by atoms with Crippen LogP contribution in [0.5, 0.6) is 0 Å². The molecule has 0 heteroatoms. The van der Waals surface area contributed by atoms with Gasteiger partial charge in [0.15, 0.2) is 0 Å². The molecule has 0 fully saturated rings. The second kappa shape index (κ2) is 10.8. The predicted molar refractivity (Wildman–Crippen MR) is 103 cm³/mol. The second-order valence-electron chi connectivity index (χ2n) is 5.08. The van der Waals surface area contributed by atoms with Crippen LogP contribution in [0.15, 0.2) is 60.2 Å². The molecule has 1 aliphatic carbocycles. The lowest BCUT2D eigenvalue weighted by Gasteiger charge is -2.17. The smallest absolute Gasteiger partial charge is 0.0221 e. The topological polar surface area (TPSA) is 0 Å². The van der Waals surface area contributed by atoms with E-state index in [-0.39, 0.29) is 0 Å². The maximum atomic E-state index is 4.14. The molecule has 0 unspecified atom stereocenters. The summed E-state index contributed by atoms with van der Waals surface area (Å²) in [5.74, 6) is 0. The van der Waals surface area contributed by atoms with Crippen molar-refractivity contribution in [2.45, 2.75) is 54.4 Å². The Morgan fingerprint density at radius 2 is 1.64 bits per heavy atom.